The maximum atomic E-state index is 13.8. The second kappa shape index (κ2) is 8.61. The number of carbonyl (C=O) groups excluding carboxylic acids is 2. The van der Waals surface area contributed by atoms with E-state index in [-0.39, 0.29) is 6.54 Å². The third-order valence-electron chi connectivity index (χ3n) is 3.60. The SMILES string of the molecule is CCCN(CC(=O)Nc1ccc(F)c(F)c1F)C(=O)c1c(F)cccc1F. The molecule has 27 heavy (non-hydrogen) atoms. The Hall–Kier alpha value is -2.97. The van der Waals surface area contributed by atoms with Crippen LogP contribution in [0.5, 0.6) is 0 Å². The number of carbonyl (C=O) groups is 2. The van der Waals surface area contributed by atoms with E-state index < -0.39 is 58.7 Å². The Kier molecular flexibility index (Phi) is 6.49. The van der Waals surface area contributed by atoms with Gasteiger partial charge in [-0.05, 0) is 30.7 Å². The lowest BCUT2D eigenvalue weighted by molar-refractivity contribution is -0.116. The summed E-state index contributed by atoms with van der Waals surface area (Å²) in [5, 5.41) is 2.00. The highest BCUT2D eigenvalue weighted by atomic mass is 19.2. The molecule has 9 heteroatoms. The lowest BCUT2D eigenvalue weighted by Gasteiger charge is -2.22. The van der Waals surface area contributed by atoms with Crippen molar-refractivity contribution in [2.45, 2.75) is 13.3 Å². The van der Waals surface area contributed by atoms with E-state index in [1.807, 2.05) is 5.32 Å². The average molecular weight is 386 g/mol. The quantitative estimate of drug-likeness (QED) is 0.605. The van der Waals surface area contributed by atoms with Gasteiger partial charge in [0.2, 0.25) is 5.91 Å². The van der Waals surface area contributed by atoms with Gasteiger partial charge in [0.25, 0.3) is 5.91 Å². The van der Waals surface area contributed by atoms with E-state index in [1.54, 1.807) is 6.92 Å². The maximum Gasteiger partial charge on any atom is 0.260 e. The van der Waals surface area contributed by atoms with Crippen LogP contribution in [0.3, 0.4) is 0 Å². The fourth-order valence-corrected chi connectivity index (χ4v) is 2.37. The molecule has 0 saturated heterocycles. The van der Waals surface area contributed by atoms with E-state index in [1.165, 1.54) is 0 Å². The first kappa shape index (κ1) is 20.3. The highest BCUT2D eigenvalue weighted by molar-refractivity contribution is 5.99. The van der Waals surface area contributed by atoms with Gasteiger partial charge in [-0.2, -0.15) is 0 Å². The first-order valence-electron chi connectivity index (χ1n) is 7.92. The average Bonchev–Trinajstić information content (AvgIpc) is 2.61. The molecule has 0 aliphatic heterocycles. The Morgan fingerprint density at radius 2 is 1.56 bits per heavy atom. The summed E-state index contributed by atoms with van der Waals surface area (Å²) in [5.41, 5.74) is -1.45. The minimum Gasteiger partial charge on any atom is -0.329 e. The smallest absolute Gasteiger partial charge is 0.260 e. The summed E-state index contributed by atoms with van der Waals surface area (Å²) in [6.07, 6.45) is 0.370. The van der Waals surface area contributed by atoms with Crippen molar-refractivity contribution in [1.29, 1.82) is 0 Å². The van der Waals surface area contributed by atoms with E-state index in [2.05, 4.69) is 0 Å². The Bertz CT molecular complexity index is 853. The van der Waals surface area contributed by atoms with Crippen LogP contribution >= 0.6 is 0 Å². The minimum absolute atomic E-state index is 0.0136. The summed E-state index contributed by atoms with van der Waals surface area (Å²) >= 11 is 0. The zero-order valence-corrected chi connectivity index (χ0v) is 14.2. The number of nitrogens with zero attached hydrogens (tertiary/aromatic N) is 1. The first-order chi connectivity index (χ1) is 12.8. The number of anilines is 1. The van der Waals surface area contributed by atoms with Gasteiger partial charge >= 0.3 is 0 Å². The summed E-state index contributed by atoms with van der Waals surface area (Å²) in [7, 11) is 0. The molecule has 0 radical (unpaired) electrons. The second-order valence-electron chi connectivity index (χ2n) is 5.59. The number of hydrogen-bond donors (Lipinski definition) is 1. The van der Waals surface area contributed by atoms with E-state index >= 15 is 0 Å². The maximum absolute atomic E-state index is 13.8. The van der Waals surface area contributed by atoms with Gasteiger partial charge in [-0.25, -0.2) is 22.0 Å². The number of benzene rings is 2. The van der Waals surface area contributed by atoms with Gasteiger partial charge in [-0.15, -0.1) is 0 Å². The van der Waals surface area contributed by atoms with Gasteiger partial charge in [0.15, 0.2) is 17.5 Å². The molecule has 0 saturated carbocycles. The van der Waals surface area contributed by atoms with E-state index in [9.17, 15) is 31.5 Å². The molecule has 0 fully saturated rings. The predicted octanol–water partition coefficient (Wildman–Crippen LogP) is 3.87. The molecule has 0 heterocycles. The minimum atomic E-state index is -1.76. The molecule has 2 aromatic rings. The van der Waals surface area contributed by atoms with Crippen molar-refractivity contribution in [3.05, 3.63) is 65.0 Å². The lowest BCUT2D eigenvalue weighted by Crippen LogP contribution is -2.39. The fourth-order valence-electron chi connectivity index (χ4n) is 2.37. The van der Waals surface area contributed by atoms with Crippen LogP contribution in [0.4, 0.5) is 27.6 Å². The van der Waals surface area contributed by atoms with Crippen LogP contribution in [0.15, 0.2) is 30.3 Å². The van der Waals surface area contributed by atoms with Crippen LogP contribution in [0, 0.1) is 29.1 Å². The van der Waals surface area contributed by atoms with E-state index in [0.29, 0.717) is 12.5 Å². The monoisotopic (exact) mass is 386 g/mol. The lowest BCUT2D eigenvalue weighted by atomic mass is 10.1. The first-order valence-corrected chi connectivity index (χ1v) is 7.92. The predicted molar refractivity (Wildman–Crippen MR) is 87.5 cm³/mol. The molecule has 0 atom stereocenters. The Morgan fingerprint density at radius 3 is 2.15 bits per heavy atom. The molecular weight excluding hydrogens is 371 g/mol. The van der Waals surface area contributed by atoms with Gasteiger partial charge in [-0.3, -0.25) is 9.59 Å². The third kappa shape index (κ3) is 4.60. The van der Waals surface area contributed by atoms with Crippen molar-refractivity contribution >= 4 is 17.5 Å². The largest absolute Gasteiger partial charge is 0.329 e. The Balaban J connectivity index is 2.19. The van der Waals surface area contributed by atoms with Crippen molar-refractivity contribution in [2.24, 2.45) is 0 Å². The number of rotatable bonds is 6. The van der Waals surface area contributed by atoms with Crippen LogP contribution in [0.25, 0.3) is 0 Å². The van der Waals surface area contributed by atoms with E-state index in [4.69, 9.17) is 0 Å². The molecule has 1 N–H and O–H groups in total. The molecule has 2 rings (SSSR count). The molecule has 0 aromatic heterocycles. The normalized spacial score (nSPS) is 10.6. The van der Waals surface area contributed by atoms with Gasteiger partial charge in [-0.1, -0.05) is 13.0 Å². The zero-order chi connectivity index (χ0) is 20.1. The van der Waals surface area contributed by atoms with Gasteiger partial charge in [0.05, 0.1) is 5.69 Å². The Labute approximate surface area is 151 Å². The molecule has 0 bridgehead atoms. The highest BCUT2D eigenvalue weighted by Gasteiger charge is 2.25. The van der Waals surface area contributed by atoms with Gasteiger partial charge in [0.1, 0.15) is 23.7 Å². The molecule has 2 aromatic carbocycles. The fraction of sp³-hybridized carbons (Fsp3) is 0.222. The van der Waals surface area contributed by atoms with Crippen LogP contribution in [0.1, 0.15) is 23.7 Å². The number of hydrogen-bond acceptors (Lipinski definition) is 2. The summed E-state index contributed by atoms with van der Waals surface area (Å²) < 4.78 is 67.4. The highest BCUT2D eigenvalue weighted by Crippen LogP contribution is 2.20. The van der Waals surface area contributed by atoms with Crippen LogP contribution in [0.2, 0.25) is 0 Å². The van der Waals surface area contributed by atoms with Crippen LogP contribution in [-0.4, -0.2) is 29.8 Å². The standard InChI is InChI=1S/C18H15F5N2O2/c1-2-8-25(18(27)15-10(19)4-3-5-11(15)20)9-14(26)24-13-7-6-12(21)16(22)17(13)23/h3-7H,2,8-9H2,1H3,(H,24,26). The molecule has 0 unspecified atom stereocenters. The van der Waals surface area contributed by atoms with Crippen LogP contribution in [-0.2, 0) is 4.79 Å². The molecule has 0 spiro atoms. The molecule has 0 aliphatic rings. The van der Waals surface area contributed by atoms with Crippen molar-refractivity contribution in [2.75, 3.05) is 18.4 Å². The summed E-state index contributed by atoms with van der Waals surface area (Å²) in [6, 6.07) is 4.32. The molecule has 4 nitrogen and oxygen atoms in total. The second-order valence-corrected chi connectivity index (χ2v) is 5.59. The number of nitrogens with one attached hydrogen (secondary N) is 1. The van der Waals surface area contributed by atoms with E-state index in [0.717, 1.165) is 29.2 Å². The topological polar surface area (TPSA) is 49.4 Å². The zero-order valence-electron chi connectivity index (χ0n) is 14.2. The van der Waals surface area contributed by atoms with Crippen molar-refractivity contribution in [1.82, 2.24) is 4.90 Å². The Morgan fingerprint density at radius 1 is 0.926 bits per heavy atom. The summed E-state index contributed by atoms with van der Waals surface area (Å²) in [5.74, 6) is -8.98. The summed E-state index contributed by atoms with van der Waals surface area (Å²) in [4.78, 5) is 25.4. The molecule has 2 amide bonds. The van der Waals surface area contributed by atoms with Gasteiger partial charge in [0, 0.05) is 6.54 Å². The number of halogens is 5. The third-order valence-corrected chi connectivity index (χ3v) is 3.60. The summed E-state index contributed by atoms with van der Waals surface area (Å²) in [6.45, 7) is 0.990. The van der Waals surface area contributed by atoms with Crippen LogP contribution < -0.4 is 5.32 Å². The van der Waals surface area contributed by atoms with Crippen molar-refractivity contribution in [3.63, 3.8) is 0 Å². The van der Waals surface area contributed by atoms with Crippen molar-refractivity contribution in [3.8, 4) is 0 Å². The number of amides is 2. The molecule has 144 valence electrons. The molecular formula is C18H15F5N2O2. The van der Waals surface area contributed by atoms with Gasteiger partial charge < -0.3 is 10.2 Å². The van der Waals surface area contributed by atoms with Crippen molar-refractivity contribution < 1.29 is 31.5 Å². The molecule has 0 aliphatic carbocycles.